The molecule has 1 aliphatic rings. The minimum absolute atomic E-state index is 0.0966. The van der Waals surface area contributed by atoms with Crippen LogP contribution in [0, 0.1) is 13.8 Å². The van der Waals surface area contributed by atoms with Crippen LogP contribution in [-0.4, -0.2) is 69.3 Å². The number of benzene rings is 2. The molecule has 1 N–H and O–H groups in total. The van der Waals surface area contributed by atoms with Gasteiger partial charge in [-0.25, -0.2) is 4.31 Å². The lowest BCUT2D eigenvalue weighted by molar-refractivity contribution is -0.139. The number of hydrogen-bond acceptors (Lipinski definition) is 5. The molecule has 0 aliphatic heterocycles. The highest BCUT2D eigenvalue weighted by atomic mass is 32.2. The maximum atomic E-state index is 13.9. The van der Waals surface area contributed by atoms with Gasteiger partial charge in [-0.1, -0.05) is 37.1 Å². The molecule has 1 fully saturated rings. The van der Waals surface area contributed by atoms with Gasteiger partial charge >= 0.3 is 10.2 Å². The number of carbonyl (C=O) groups is 2. The van der Waals surface area contributed by atoms with E-state index in [-0.39, 0.29) is 18.5 Å². The van der Waals surface area contributed by atoms with Crippen molar-refractivity contribution in [1.82, 2.24) is 14.5 Å². The number of hydrogen-bond donors (Lipinski definition) is 1. The van der Waals surface area contributed by atoms with Gasteiger partial charge in [0.25, 0.3) is 0 Å². The largest absolute Gasteiger partial charge is 0.497 e. The first kappa shape index (κ1) is 29.4. The Bertz CT molecular complexity index is 1240. The fourth-order valence-corrected chi connectivity index (χ4v) is 5.75. The molecule has 0 heterocycles. The van der Waals surface area contributed by atoms with Gasteiger partial charge in [0.2, 0.25) is 11.8 Å². The van der Waals surface area contributed by atoms with Crippen LogP contribution in [-0.2, 0) is 26.3 Å². The zero-order valence-electron chi connectivity index (χ0n) is 23.2. The third-order valence-corrected chi connectivity index (χ3v) is 8.81. The van der Waals surface area contributed by atoms with E-state index in [1.807, 2.05) is 38.1 Å². The van der Waals surface area contributed by atoms with Crippen molar-refractivity contribution in [3.8, 4) is 5.75 Å². The maximum Gasteiger partial charge on any atom is 0.304 e. The van der Waals surface area contributed by atoms with Crippen LogP contribution in [0.3, 0.4) is 0 Å². The van der Waals surface area contributed by atoms with Gasteiger partial charge in [0.15, 0.2) is 0 Å². The smallest absolute Gasteiger partial charge is 0.304 e. The van der Waals surface area contributed by atoms with E-state index in [0.717, 1.165) is 51.0 Å². The van der Waals surface area contributed by atoms with Crippen molar-refractivity contribution in [2.45, 2.75) is 65.1 Å². The molecule has 2 aromatic carbocycles. The quantitative estimate of drug-likeness (QED) is 0.468. The van der Waals surface area contributed by atoms with E-state index >= 15 is 0 Å². The lowest BCUT2D eigenvalue weighted by Crippen LogP contribution is -2.53. The Hall–Kier alpha value is -3.11. The van der Waals surface area contributed by atoms with Gasteiger partial charge in [0.05, 0.1) is 12.8 Å². The third-order valence-electron chi connectivity index (χ3n) is 7.01. The normalized spacial score (nSPS) is 14.8. The molecule has 10 heteroatoms. The van der Waals surface area contributed by atoms with Crippen molar-refractivity contribution in [3.63, 3.8) is 0 Å². The van der Waals surface area contributed by atoms with Gasteiger partial charge in [-0.2, -0.15) is 12.7 Å². The Kier molecular flexibility index (Phi) is 9.78. The van der Waals surface area contributed by atoms with Crippen molar-refractivity contribution >= 4 is 27.7 Å². The summed E-state index contributed by atoms with van der Waals surface area (Å²) in [7, 11) is 0.422. The van der Waals surface area contributed by atoms with E-state index < -0.39 is 28.7 Å². The van der Waals surface area contributed by atoms with Crippen molar-refractivity contribution in [2.75, 3.05) is 32.1 Å². The van der Waals surface area contributed by atoms with E-state index in [4.69, 9.17) is 4.74 Å². The van der Waals surface area contributed by atoms with Crippen molar-refractivity contribution in [2.24, 2.45) is 0 Å². The van der Waals surface area contributed by atoms with E-state index in [1.165, 1.54) is 19.0 Å². The number of rotatable bonds is 11. The van der Waals surface area contributed by atoms with Crippen molar-refractivity contribution in [1.29, 1.82) is 0 Å². The van der Waals surface area contributed by atoms with Crippen LogP contribution in [0.4, 0.5) is 5.69 Å². The molecule has 1 aliphatic carbocycles. The molecule has 38 heavy (non-hydrogen) atoms. The molecule has 0 aromatic heterocycles. The second kappa shape index (κ2) is 12.6. The van der Waals surface area contributed by atoms with Gasteiger partial charge in [-0.05, 0) is 68.5 Å². The van der Waals surface area contributed by atoms with E-state index in [2.05, 4.69) is 5.32 Å². The van der Waals surface area contributed by atoms with Crippen molar-refractivity contribution in [3.05, 3.63) is 59.2 Å². The summed E-state index contributed by atoms with van der Waals surface area (Å²) in [4.78, 5) is 28.6. The molecule has 0 saturated heterocycles. The van der Waals surface area contributed by atoms with Gasteiger partial charge in [-0.15, -0.1) is 0 Å². The summed E-state index contributed by atoms with van der Waals surface area (Å²) < 4.78 is 34.4. The second-order valence-electron chi connectivity index (χ2n) is 10.1. The molecule has 1 saturated carbocycles. The zero-order valence-corrected chi connectivity index (χ0v) is 24.0. The average Bonchev–Trinajstić information content (AvgIpc) is 3.39. The summed E-state index contributed by atoms with van der Waals surface area (Å²) in [6, 6.07) is 12.1. The van der Waals surface area contributed by atoms with Crippen LogP contribution in [0.25, 0.3) is 0 Å². The number of nitrogens with one attached hydrogen (secondary N) is 1. The van der Waals surface area contributed by atoms with E-state index in [1.54, 1.807) is 32.2 Å². The lowest BCUT2D eigenvalue weighted by atomic mass is 10.1. The Balaban J connectivity index is 1.97. The molecule has 3 rings (SSSR count). The highest BCUT2D eigenvalue weighted by molar-refractivity contribution is 7.90. The maximum absolute atomic E-state index is 13.9. The number of amides is 2. The fraction of sp³-hybridized carbons (Fsp3) is 0.500. The molecule has 0 radical (unpaired) electrons. The second-order valence-corrected chi connectivity index (χ2v) is 12.2. The van der Waals surface area contributed by atoms with Crippen LogP contribution >= 0.6 is 0 Å². The molecule has 2 amide bonds. The lowest BCUT2D eigenvalue weighted by Gasteiger charge is -2.33. The zero-order chi connectivity index (χ0) is 28.0. The summed E-state index contributed by atoms with van der Waals surface area (Å²) in [5.41, 5.74) is 2.79. The topological polar surface area (TPSA) is 99.3 Å². The van der Waals surface area contributed by atoms with Crippen LogP contribution in [0.15, 0.2) is 42.5 Å². The molecule has 208 valence electrons. The molecule has 1 atom stereocenters. The number of nitrogens with zero attached hydrogens (tertiary/aromatic N) is 3. The van der Waals surface area contributed by atoms with Crippen LogP contribution in [0.5, 0.6) is 5.75 Å². The highest BCUT2D eigenvalue weighted by Gasteiger charge is 2.34. The summed E-state index contributed by atoms with van der Waals surface area (Å²) in [5, 5.41) is 3.07. The molecule has 0 bridgehead atoms. The first-order chi connectivity index (χ1) is 17.9. The predicted octanol–water partition coefficient (Wildman–Crippen LogP) is 3.40. The Morgan fingerprint density at radius 1 is 1.08 bits per heavy atom. The molecule has 0 spiro atoms. The minimum atomic E-state index is -4.01. The fourth-order valence-electron chi connectivity index (χ4n) is 4.63. The molecule has 9 nitrogen and oxygen atoms in total. The van der Waals surface area contributed by atoms with Crippen LogP contribution in [0.1, 0.15) is 49.3 Å². The summed E-state index contributed by atoms with van der Waals surface area (Å²) in [5.74, 6) is -0.0970. The third kappa shape index (κ3) is 7.05. The van der Waals surface area contributed by atoms with E-state index in [0.29, 0.717) is 11.4 Å². The first-order valence-electron chi connectivity index (χ1n) is 12.9. The average molecular weight is 545 g/mol. The van der Waals surface area contributed by atoms with Gasteiger partial charge in [-0.3, -0.25) is 9.59 Å². The number of carbonyl (C=O) groups excluding carboxylic acids is 2. The van der Waals surface area contributed by atoms with E-state index in [9.17, 15) is 18.0 Å². The predicted molar refractivity (Wildman–Crippen MR) is 149 cm³/mol. The SMILES string of the molecule is COc1cccc(CN(C(=O)CN(c2cc(C)ccc2C)S(=O)(=O)N(C)C)C(C)C(=O)NC2CCCC2)c1. The Labute approximate surface area is 226 Å². The molecular weight excluding hydrogens is 504 g/mol. The molecule has 1 unspecified atom stereocenters. The number of anilines is 1. The van der Waals surface area contributed by atoms with Gasteiger partial charge < -0.3 is 15.0 Å². The summed E-state index contributed by atoms with van der Waals surface area (Å²) in [6.07, 6.45) is 3.98. The highest BCUT2D eigenvalue weighted by Crippen LogP contribution is 2.26. The summed E-state index contributed by atoms with van der Waals surface area (Å²) in [6.45, 7) is 5.04. The number of methoxy groups -OCH3 is 1. The Morgan fingerprint density at radius 3 is 2.39 bits per heavy atom. The van der Waals surface area contributed by atoms with Crippen LogP contribution in [0.2, 0.25) is 0 Å². The number of ether oxygens (including phenoxy) is 1. The first-order valence-corrected chi connectivity index (χ1v) is 14.3. The van der Waals surface area contributed by atoms with Gasteiger partial charge in [0.1, 0.15) is 18.3 Å². The minimum Gasteiger partial charge on any atom is -0.497 e. The number of aryl methyl sites for hydroxylation is 2. The van der Waals surface area contributed by atoms with Crippen LogP contribution < -0.4 is 14.4 Å². The standard InChI is InChI=1S/C28H40N4O5S/c1-20-14-15-21(2)26(16-20)32(38(35,36)30(4)5)19-27(33)31(18-23-10-9-13-25(17-23)37-6)22(3)28(34)29-24-11-7-8-12-24/h9-10,13-17,22,24H,7-8,11-12,18-19H2,1-6H3,(H,29,34). The summed E-state index contributed by atoms with van der Waals surface area (Å²) >= 11 is 0. The van der Waals surface area contributed by atoms with Crippen molar-refractivity contribution < 1.29 is 22.7 Å². The molecule has 2 aromatic rings. The monoisotopic (exact) mass is 544 g/mol. The molecular formula is C28H40N4O5S. The van der Waals surface area contributed by atoms with Gasteiger partial charge in [0, 0.05) is 26.7 Å². The Morgan fingerprint density at radius 2 is 1.76 bits per heavy atom.